The zero-order valence-electron chi connectivity index (χ0n) is 23.7. The van der Waals surface area contributed by atoms with Gasteiger partial charge in [-0.05, 0) is 66.1 Å². The van der Waals surface area contributed by atoms with Crippen LogP contribution < -0.4 is 9.80 Å². The van der Waals surface area contributed by atoms with Crippen molar-refractivity contribution in [2.24, 2.45) is 0 Å². The number of anilines is 2. The second-order valence-electron chi connectivity index (χ2n) is 11.1. The Balaban J connectivity index is 0.946. The first kappa shape index (κ1) is 26.6. The zero-order chi connectivity index (χ0) is 30.7. The average molecular weight is 597 g/mol. The van der Waals surface area contributed by atoms with Gasteiger partial charge in [-0.1, -0.05) is 48.5 Å². The van der Waals surface area contributed by atoms with Crippen LogP contribution in [0.3, 0.4) is 0 Å². The summed E-state index contributed by atoms with van der Waals surface area (Å²) in [5.41, 5.74) is 5.56. The van der Waals surface area contributed by atoms with Crippen LogP contribution >= 0.6 is 0 Å². The van der Waals surface area contributed by atoms with Crippen molar-refractivity contribution >= 4 is 57.1 Å². The minimum Gasteiger partial charge on any atom is -0.274 e. The maximum absolute atomic E-state index is 13.2. The number of aromatic nitrogens is 6. The van der Waals surface area contributed by atoms with Crippen LogP contribution in [-0.4, -0.2) is 53.6 Å². The molecule has 2 fully saturated rings. The quantitative estimate of drug-likeness (QED) is 0.265. The van der Waals surface area contributed by atoms with Crippen LogP contribution in [0.4, 0.5) is 11.4 Å². The van der Waals surface area contributed by atoms with Gasteiger partial charge in [0.15, 0.2) is 12.1 Å². The molecule has 4 aromatic carbocycles. The molecule has 0 saturated carbocycles. The van der Waals surface area contributed by atoms with Gasteiger partial charge in [-0.2, -0.15) is 30.0 Å². The molecule has 2 aliphatic heterocycles. The van der Waals surface area contributed by atoms with Crippen molar-refractivity contribution in [3.63, 3.8) is 0 Å². The number of carbonyl (C=O) groups is 4. The Morgan fingerprint density at radius 3 is 1.16 bits per heavy atom. The van der Waals surface area contributed by atoms with Gasteiger partial charge in [-0.25, -0.2) is 9.80 Å². The van der Waals surface area contributed by atoms with E-state index in [1.165, 1.54) is 19.4 Å². The monoisotopic (exact) mass is 596 g/mol. The fraction of sp³-hybridized carbons (Fsp3) is 0.152. The van der Waals surface area contributed by atoms with Crippen molar-refractivity contribution in [3.8, 4) is 0 Å². The number of rotatable bonds is 6. The Morgan fingerprint density at radius 1 is 0.489 bits per heavy atom. The number of nitrogens with zero attached hydrogens (tertiary/aromatic N) is 8. The van der Waals surface area contributed by atoms with Gasteiger partial charge >= 0.3 is 0 Å². The Kier molecular flexibility index (Phi) is 6.08. The first-order valence-electron chi connectivity index (χ1n) is 14.5. The molecule has 8 rings (SSSR count). The first-order valence-corrected chi connectivity index (χ1v) is 14.5. The lowest BCUT2D eigenvalue weighted by Gasteiger charge is -2.16. The molecule has 220 valence electrons. The number of hydrogen-bond donors (Lipinski definition) is 0. The van der Waals surface area contributed by atoms with Crippen LogP contribution in [-0.2, 0) is 25.6 Å². The van der Waals surface area contributed by atoms with E-state index in [1.54, 1.807) is 24.3 Å². The summed E-state index contributed by atoms with van der Waals surface area (Å²) in [6, 6.07) is 27.6. The van der Waals surface area contributed by atoms with E-state index >= 15 is 0 Å². The summed E-state index contributed by atoms with van der Waals surface area (Å²) in [5.74, 6) is -1.35. The molecule has 0 N–H and O–H groups in total. The van der Waals surface area contributed by atoms with Gasteiger partial charge in [0, 0.05) is 0 Å². The molecule has 2 unspecified atom stereocenters. The van der Waals surface area contributed by atoms with E-state index in [1.807, 2.05) is 72.8 Å². The van der Waals surface area contributed by atoms with E-state index in [-0.39, 0.29) is 36.5 Å². The summed E-state index contributed by atoms with van der Waals surface area (Å²) in [7, 11) is 0. The molecule has 4 amide bonds. The van der Waals surface area contributed by atoms with E-state index in [2.05, 4.69) is 20.4 Å². The third-order valence-electron chi connectivity index (χ3n) is 8.20. The van der Waals surface area contributed by atoms with Gasteiger partial charge in [-0.3, -0.25) is 19.2 Å². The fourth-order valence-corrected chi connectivity index (χ4v) is 5.93. The lowest BCUT2D eigenvalue weighted by atomic mass is 10.0. The molecule has 6 aromatic rings. The van der Waals surface area contributed by atoms with Gasteiger partial charge in [0.1, 0.15) is 22.1 Å². The molecule has 0 spiro atoms. The van der Waals surface area contributed by atoms with Crippen LogP contribution in [0.5, 0.6) is 0 Å². The zero-order valence-corrected chi connectivity index (χ0v) is 23.7. The predicted octanol–water partition coefficient (Wildman–Crippen LogP) is 3.78. The number of amides is 4. The third-order valence-corrected chi connectivity index (χ3v) is 8.20. The standard InChI is InChI=1S/C33H24N8O4/c42-30-18-28(40-34-24-5-1-2-6-25(24)35-40)32(44)38(30)22-13-9-20(10-14-22)17-21-11-15-23(16-12-21)39-31(43)19-29(33(39)45)41-36-26-7-3-4-8-27(26)37-41/h1-16,28-29H,17-19H2. The molecule has 0 bridgehead atoms. The van der Waals surface area contributed by atoms with Crippen molar-refractivity contribution in [2.45, 2.75) is 31.3 Å². The fourth-order valence-electron chi connectivity index (χ4n) is 5.93. The van der Waals surface area contributed by atoms with E-state index in [0.29, 0.717) is 39.9 Å². The van der Waals surface area contributed by atoms with Crippen LogP contribution in [0.25, 0.3) is 22.1 Å². The minimum atomic E-state index is -0.789. The molecule has 2 saturated heterocycles. The number of hydrogen-bond acceptors (Lipinski definition) is 8. The summed E-state index contributed by atoms with van der Waals surface area (Å²) in [6.45, 7) is 0. The van der Waals surface area contributed by atoms with Crippen molar-refractivity contribution in [1.82, 2.24) is 30.0 Å². The van der Waals surface area contributed by atoms with Crippen molar-refractivity contribution in [2.75, 3.05) is 9.80 Å². The number of imide groups is 2. The average Bonchev–Trinajstić information content (AvgIpc) is 3.81. The van der Waals surface area contributed by atoms with Crippen LogP contribution in [0.15, 0.2) is 97.1 Å². The molecule has 12 heteroatoms. The third kappa shape index (κ3) is 4.54. The predicted molar refractivity (Wildman–Crippen MR) is 163 cm³/mol. The Hall–Kier alpha value is -6.04. The van der Waals surface area contributed by atoms with Crippen molar-refractivity contribution in [1.29, 1.82) is 0 Å². The lowest BCUT2D eigenvalue weighted by Crippen LogP contribution is -2.31. The first-order chi connectivity index (χ1) is 21.9. The molecule has 45 heavy (non-hydrogen) atoms. The molecule has 2 aliphatic rings. The maximum Gasteiger partial charge on any atom is 0.261 e. The summed E-state index contributed by atoms with van der Waals surface area (Å²) in [4.78, 5) is 57.3. The largest absolute Gasteiger partial charge is 0.274 e. The van der Waals surface area contributed by atoms with Crippen molar-refractivity contribution < 1.29 is 19.2 Å². The summed E-state index contributed by atoms with van der Waals surface area (Å²) in [6.07, 6.45) is 0.557. The highest BCUT2D eigenvalue weighted by Gasteiger charge is 2.43. The van der Waals surface area contributed by atoms with E-state index < -0.39 is 12.1 Å². The highest BCUT2D eigenvalue weighted by atomic mass is 16.2. The SMILES string of the molecule is O=C1CC(n2nc3ccccc3n2)C(=O)N1c1ccc(Cc2ccc(N3C(=O)CC(n4nc5ccccc5n4)C3=O)cc2)cc1. The lowest BCUT2D eigenvalue weighted by molar-refractivity contribution is -0.123. The van der Waals surface area contributed by atoms with Crippen LogP contribution in [0.2, 0.25) is 0 Å². The maximum atomic E-state index is 13.2. The Labute approximate surface area is 255 Å². The second-order valence-corrected chi connectivity index (χ2v) is 11.1. The van der Waals surface area contributed by atoms with Gasteiger partial charge in [0.05, 0.1) is 24.2 Å². The molecule has 4 heterocycles. The second kappa shape index (κ2) is 10.3. The molecule has 0 radical (unpaired) electrons. The molecule has 0 aliphatic carbocycles. The molecular weight excluding hydrogens is 572 g/mol. The van der Waals surface area contributed by atoms with Gasteiger partial charge in [0.2, 0.25) is 11.8 Å². The topological polar surface area (TPSA) is 136 Å². The number of fused-ring (bicyclic) bond motifs is 2. The normalized spacial score (nSPS) is 18.7. The van der Waals surface area contributed by atoms with E-state index in [4.69, 9.17) is 0 Å². The summed E-state index contributed by atoms with van der Waals surface area (Å²) < 4.78 is 0. The van der Waals surface area contributed by atoms with Crippen LogP contribution in [0.1, 0.15) is 36.1 Å². The van der Waals surface area contributed by atoms with Gasteiger partial charge in [0.25, 0.3) is 11.8 Å². The van der Waals surface area contributed by atoms with Gasteiger partial charge in [-0.15, -0.1) is 0 Å². The smallest absolute Gasteiger partial charge is 0.261 e. The summed E-state index contributed by atoms with van der Waals surface area (Å²) >= 11 is 0. The highest BCUT2D eigenvalue weighted by molar-refractivity contribution is 6.22. The van der Waals surface area contributed by atoms with E-state index in [0.717, 1.165) is 11.1 Å². The van der Waals surface area contributed by atoms with Gasteiger partial charge < -0.3 is 0 Å². The Bertz CT molecular complexity index is 1930. The van der Waals surface area contributed by atoms with Crippen molar-refractivity contribution in [3.05, 3.63) is 108 Å². The minimum absolute atomic E-state index is 0.00803. The number of carbonyl (C=O) groups excluding carboxylic acids is 4. The molecule has 2 aromatic heterocycles. The molecule has 2 atom stereocenters. The highest BCUT2D eigenvalue weighted by Crippen LogP contribution is 2.32. The van der Waals surface area contributed by atoms with E-state index in [9.17, 15) is 19.2 Å². The molecule has 12 nitrogen and oxygen atoms in total. The van der Waals surface area contributed by atoms with Crippen LogP contribution in [0, 0.1) is 0 Å². The number of benzene rings is 4. The molecular formula is C33H24N8O4. The summed E-state index contributed by atoms with van der Waals surface area (Å²) in [5, 5.41) is 17.6. The Morgan fingerprint density at radius 2 is 0.822 bits per heavy atom.